The molecule has 1 fully saturated rings. The molecule has 5 heteroatoms. The average Bonchev–Trinajstić information content (AvgIpc) is 2.73. The zero-order valence-corrected chi connectivity index (χ0v) is 10.00. The lowest BCUT2D eigenvalue weighted by Gasteiger charge is -2.25. The summed E-state index contributed by atoms with van der Waals surface area (Å²) in [5.41, 5.74) is -1.71. The van der Waals surface area contributed by atoms with Gasteiger partial charge in [-0.05, 0) is 42.9 Å². The van der Waals surface area contributed by atoms with Crippen LogP contribution in [0.15, 0.2) is 24.3 Å². The Hall–Kier alpha value is -1.23. The zero-order chi connectivity index (χ0) is 13.4. The Labute approximate surface area is 103 Å². The molecule has 0 spiro atoms. The molecular weight excluding hydrogens is 245 g/mol. The average molecular weight is 260 g/mol. The Balaban J connectivity index is 2.13. The topological polar surface area (TPSA) is 29.5 Å². The van der Waals surface area contributed by atoms with Crippen molar-refractivity contribution >= 4 is 0 Å². The second-order valence-corrected chi connectivity index (χ2v) is 4.74. The summed E-state index contributed by atoms with van der Waals surface area (Å²) in [6.45, 7) is 0. The predicted octanol–water partition coefficient (Wildman–Crippen LogP) is 3.26. The van der Waals surface area contributed by atoms with Crippen LogP contribution in [-0.2, 0) is 0 Å². The summed E-state index contributed by atoms with van der Waals surface area (Å²) in [6.07, 6.45) is -4.69. The van der Waals surface area contributed by atoms with Crippen molar-refractivity contribution in [2.24, 2.45) is 0 Å². The Bertz CT molecular complexity index is 413. The van der Waals surface area contributed by atoms with Gasteiger partial charge < -0.3 is 9.84 Å². The second-order valence-electron chi connectivity index (χ2n) is 4.74. The fraction of sp³-hybridized carbons (Fsp3) is 0.538. The van der Waals surface area contributed by atoms with Crippen molar-refractivity contribution in [2.45, 2.75) is 37.0 Å². The summed E-state index contributed by atoms with van der Waals surface area (Å²) in [4.78, 5) is 0. The molecule has 2 nitrogen and oxygen atoms in total. The maximum absolute atomic E-state index is 12.7. The Morgan fingerprint density at radius 3 is 2.33 bits per heavy atom. The van der Waals surface area contributed by atoms with Gasteiger partial charge in [-0.25, -0.2) is 0 Å². The lowest BCUT2D eigenvalue weighted by molar-refractivity contribution is -0.257. The Kier molecular flexibility index (Phi) is 3.27. The molecule has 1 saturated carbocycles. The highest BCUT2D eigenvalue weighted by atomic mass is 19.4. The van der Waals surface area contributed by atoms with Gasteiger partial charge in [-0.15, -0.1) is 0 Å². The van der Waals surface area contributed by atoms with E-state index in [4.69, 9.17) is 4.74 Å². The number of hydrogen-bond donors (Lipinski definition) is 1. The van der Waals surface area contributed by atoms with Gasteiger partial charge in [0.2, 0.25) is 0 Å². The number of methoxy groups -OCH3 is 1. The summed E-state index contributed by atoms with van der Waals surface area (Å²) in [6, 6.07) is 6.96. The number of benzene rings is 1. The fourth-order valence-corrected chi connectivity index (χ4v) is 2.44. The van der Waals surface area contributed by atoms with E-state index in [1.54, 1.807) is 24.3 Å². The van der Waals surface area contributed by atoms with Crippen LogP contribution in [0.5, 0.6) is 5.75 Å². The minimum Gasteiger partial charge on any atom is -0.497 e. The molecule has 18 heavy (non-hydrogen) atoms. The third-order valence-electron chi connectivity index (χ3n) is 3.61. The second kappa shape index (κ2) is 4.46. The molecule has 0 radical (unpaired) electrons. The molecule has 2 rings (SSSR count). The maximum Gasteiger partial charge on any atom is 0.417 e. The summed E-state index contributed by atoms with van der Waals surface area (Å²) in [5, 5.41) is 9.61. The van der Waals surface area contributed by atoms with Crippen LogP contribution in [0.2, 0.25) is 0 Å². The van der Waals surface area contributed by atoms with Gasteiger partial charge in [-0.1, -0.05) is 12.1 Å². The van der Waals surface area contributed by atoms with E-state index in [2.05, 4.69) is 0 Å². The molecule has 0 amide bonds. The first-order valence-electron chi connectivity index (χ1n) is 5.79. The molecule has 1 aromatic rings. The van der Waals surface area contributed by atoms with Crippen LogP contribution in [0, 0.1) is 0 Å². The molecular formula is C13H15F3O2. The molecule has 1 N–H and O–H groups in total. The largest absolute Gasteiger partial charge is 0.497 e. The molecule has 1 aromatic carbocycles. The quantitative estimate of drug-likeness (QED) is 0.884. The van der Waals surface area contributed by atoms with Gasteiger partial charge in [-0.3, -0.25) is 0 Å². The number of halogens is 3. The van der Waals surface area contributed by atoms with Crippen LogP contribution < -0.4 is 4.74 Å². The van der Waals surface area contributed by atoms with Gasteiger partial charge in [0, 0.05) is 0 Å². The van der Waals surface area contributed by atoms with Crippen molar-refractivity contribution in [1.82, 2.24) is 0 Å². The first kappa shape index (κ1) is 13.2. The first-order valence-corrected chi connectivity index (χ1v) is 5.79. The van der Waals surface area contributed by atoms with Crippen LogP contribution in [0.3, 0.4) is 0 Å². The fourth-order valence-electron chi connectivity index (χ4n) is 2.44. The standard InChI is InChI=1S/C13H15F3O2/c1-18-11-4-2-9(3-5-11)10-6-7-12(17,8-10)13(14,15)16/h2-5,10,17H,6-8H2,1H3. The SMILES string of the molecule is COc1ccc(C2CCC(O)(C(F)(F)F)C2)cc1. The van der Waals surface area contributed by atoms with Crippen molar-refractivity contribution in [3.63, 3.8) is 0 Å². The van der Waals surface area contributed by atoms with E-state index in [0.717, 1.165) is 5.56 Å². The van der Waals surface area contributed by atoms with E-state index < -0.39 is 11.8 Å². The highest BCUT2D eigenvalue weighted by molar-refractivity contribution is 5.30. The summed E-state index contributed by atoms with van der Waals surface area (Å²) < 4.78 is 43.0. The Morgan fingerprint density at radius 1 is 1.28 bits per heavy atom. The third kappa shape index (κ3) is 2.32. The molecule has 0 aromatic heterocycles. The zero-order valence-electron chi connectivity index (χ0n) is 10.00. The number of rotatable bonds is 2. The first-order chi connectivity index (χ1) is 8.36. The molecule has 0 aliphatic heterocycles. The smallest absolute Gasteiger partial charge is 0.417 e. The van der Waals surface area contributed by atoms with Crippen LogP contribution in [0.4, 0.5) is 13.2 Å². The van der Waals surface area contributed by atoms with Gasteiger partial charge in [0.1, 0.15) is 5.75 Å². The minimum atomic E-state index is -4.55. The highest BCUT2D eigenvalue weighted by Crippen LogP contribution is 2.48. The predicted molar refractivity (Wildman–Crippen MR) is 60.6 cm³/mol. The van der Waals surface area contributed by atoms with Crippen LogP contribution in [-0.4, -0.2) is 24.0 Å². The summed E-state index contributed by atoms with van der Waals surface area (Å²) in [5.74, 6) is 0.422. The normalized spacial score (nSPS) is 28.4. The number of alkyl halides is 3. The lowest BCUT2D eigenvalue weighted by atomic mass is 9.94. The highest BCUT2D eigenvalue weighted by Gasteiger charge is 2.57. The molecule has 1 aliphatic rings. The van der Waals surface area contributed by atoms with Gasteiger partial charge >= 0.3 is 6.18 Å². The minimum absolute atomic E-state index is 0.229. The third-order valence-corrected chi connectivity index (χ3v) is 3.61. The monoisotopic (exact) mass is 260 g/mol. The lowest BCUT2D eigenvalue weighted by Crippen LogP contribution is -2.42. The van der Waals surface area contributed by atoms with Crippen molar-refractivity contribution in [2.75, 3.05) is 7.11 Å². The van der Waals surface area contributed by atoms with E-state index in [1.807, 2.05) is 0 Å². The van der Waals surface area contributed by atoms with E-state index in [-0.39, 0.29) is 18.8 Å². The van der Waals surface area contributed by atoms with Gasteiger partial charge in [0.05, 0.1) is 7.11 Å². The van der Waals surface area contributed by atoms with Gasteiger partial charge in [0.25, 0.3) is 0 Å². The molecule has 100 valence electrons. The van der Waals surface area contributed by atoms with Crippen molar-refractivity contribution in [1.29, 1.82) is 0 Å². The van der Waals surface area contributed by atoms with Crippen molar-refractivity contribution in [3.8, 4) is 5.75 Å². The van der Waals surface area contributed by atoms with Gasteiger partial charge in [-0.2, -0.15) is 13.2 Å². The maximum atomic E-state index is 12.7. The molecule has 0 heterocycles. The molecule has 0 bridgehead atoms. The van der Waals surface area contributed by atoms with E-state index in [9.17, 15) is 18.3 Å². The van der Waals surface area contributed by atoms with E-state index >= 15 is 0 Å². The van der Waals surface area contributed by atoms with Crippen LogP contribution in [0.1, 0.15) is 30.7 Å². The number of aliphatic hydroxyl groups is 1. The van der Waals surface area contributed by atoms with Crippen molar-refractivity contribution < 1.29 is 23.0 Å². The van der Waals surface area contributed by atoms with Crippen LogP contribution >= 0.6 is 0 Å². The van der Waals surface area contributed by atoms with Gasteiger partial charge in [0.15, 0.2) is 5.60 Å². The van der Waals surface area contributed by atoms with Crippen LogP contribution in [0.25, 0.3) is 0 Å². The molecule has 2 unspecified atom stereocenters. The number of hydrogen-bond acceptors (Lipinski definition) is 2. The molecule has 2 atom stereocenters. The van der Waals surface area contributed by atoms with E-state index in [0.29, 0.717) is 12.2 Å². The summed E-state index contributed by atoms with van der Waals surface area (Å²) in [7, 11) is 1.53. The molecule has 1 aliphatic carbocycles. The van der Waals surface area contributed by atoms with E-state index in [1.165, 1.54) is 7.11 Å². The van der Waals surface area contributed by atoms with Crippen molar-refractivity contribution in [3.05, 3.63) is 29.8 Å². The summed E-state index contributed by atoms with van der Waals surface area (Å²) >= 11 is 0. The Morgan fingerprint density at radius 2 is 1.89 bits per heavy atom. The number of ether oxygens (including phenoxy) is 1. The molecule has 0 saturated heterocycles.